The lowest BCUT2D eigenvalue weighted by Crippen LogP contribution is -2.54. The fraction of sp³-hybridized carbons (Fsp3) is 0.514. The van der Waals surface area contributed by atoms with Crippen molar-refractivity contribution < 1.29 is 29.1 Å². The van der Waals surface area contributed by atoms with Crippen LogP contribution in [0.5, 0.6) is 0 Å². The Morgan fingerprint density at radius 1 is 0.891 bits per heavy atom. The van der Waals surface area contributed by atoms with Gasteiger partial charge in [0.1, 0.15) is 11.6 Å². The van der Waals surface area contributed by atoms with Gasteiger partial charge in [-0.2, -0.15) is 0 Å². The predicted molar refractivity (Wildman–Crippen MR) is 176 cm³/mol. The Labute approximate surface area is 271 Å². The van der Waals surface area contributed by atoms with Crippen molar-refractivity contribution in [1.82, 2.24) is 15.1 Å². The molecular formula is C35H47N5O6. The standard InChI is InChI=1S/C35H47N5O6/c1-22(2)18-27(20-30(41)42)36-31(43)29(19-23(3)4)40-32(44)35(16-8-9-17-35)39(34(40)46)21-25-12-14-26(15-13-25)37-33(45)38-28-11-7-6-10-24(28)5/h6-7,10-15,22-23,27,29H,8-9,16-21H2,1-5H3,(H,36,43)(H,41,42)(H2,37,38,45)/t27?,29-/m0/s1. The van der Waals surface area contributed by atoms with Crippen LogP contribution in [0.1, 0.15) is 83.8 Å². The van der Waals surface area contributed by atoms with E-state index in [4.69, 9.17) is 0 Å². The van der Waals surface area contributed by atoms with Gasteiger partial charge >= 0.3 is 18.0 Å². The molecule has 1 aliphatic carbocycles. The second-order valence-electron chi connectivity index (χ2n) is 13.5. The van der Waals surface area contributed by atoms with E-state index in [1.807, 2.05) is 71.0 Å². The van der Waals surface area contributed by atoms with Gasteiger partial charge in [0.05, 0.1) is 6.42 Å². The molecule has 1 unspecified atom stereocenters. The molecule has 2 aromatic carbocycles. The summed E-state index contributed by atoms with van der Waals surface area (Å²) in [6, 6.07) is 12.1. The molecular weight excluding hydrogens is 586 g/mol. The number of hydrogen-bond donors (Lipinski definition) is 4. The quantitative estimate of drug-likeness (QED) is 0.195. The van der Waals surface area contributed by atoms with Crippen molar-refractivity contribution in [1.29, 1.82) is 0 Å². The zero-order valence-corrected chi connectivity index (χ0v) is 27.5. The number of carbonyl (C=O) groups is 5. The Morgan fingerprint density at radius 2 is 1.52 bits per heavy atom. The molecule has 0 bridgehead atoms. The first kappa shape index (κ1) is 34.5. The van der Waals surface area contributed by atoms with Gasteiger partial charge in [-0.15, -0.1) is 0 Å². The molecule has 1 saturated heterocycles. The smallest absolute Gasteiger partial charge is 0.328 e. The zero-order valence-electron chi connectivity index (χ0n) is 27.5. The molecule has 0 aromatic heterocycles. The first-order valence-electron chi connectivity index (χ1n) is 16.2. The van der Waals surface area contributed by atoms with Crippen molar-refractivity contribution in [3.05, 3.63) is 59.7 Å². The van der Waals surface area contributed by atoms with E-state index < -0.39 is 35.5 Å². The lowest BCUT2D eigenvalue weighted by Gasteiger charge is -2.31. The predicted octanol–water partition coefficient (Wildman–Crippen LogP) is 6.14. The fourth-order valence-corrected chi connectivity index (χ4v) is 6.60. The lowest BCUT2D eigenvalue weighted by atomic mass is 9.93. The summed E-state index contributed by atoms with van der Waals surface area (Å²) in [4.78, 5) is 68.9. The number of carboxylic acid groups (broad SMARTS) is 1. The number of carboxylic acids is 1. The van der Waals surface area contributed by atoms with Crippen LogP contribution in [0.2, 0.25) is 0 Å². The van der Waals surface area contributed by atoms with E-state index in [2.05, 4.69) is 16.0 Å². The fourth-order valence-electron chi connectivity index (χ4n) is 6.60. The average Bonchev–Trinajstić information content (AvgIpc) is 3.53. The molecule has 1 aliphatic heterocycles. The van der Waals surface area contributed by atoms with Gasteiger partial charge in [0.25, 0.3) is 5.91 Å². The maximum absolute atomic E-state index is 14.2. The minimum Gasteiger partial charge on any atom is -0.481 e. The molecule has 4 rings (SSSR count). The molecule has 4 N–H and O–H groups in total. The first-order valence-corrected chi connectivity index (χ1v) is 16.2. The van der Waals surface area contributed by atoms with Crippen molar-refractivity contribution in [2.45, 2.75) is 104 Å². The van der Waals surface area contributed by atoms with Gasteiger partial charge in [-0.3, -0.25) is 14.4 Å². The molecule has 1 spiro atoms. The number of amides is 6. The molecule has 248 valence electrons. The minimum absolute atomic E-state index is 0.00370. The van der Waals surface area contributed by atoms with E-state index in [1.165, 1.54) is 0 Å². The summed E-state index contributed by atoms with van der Waals surface area (Å²) >= 11 is 0. The van der Waals surface area contributed by atoms with Gasteiger partial charge in [0.2, 0.25) is 5.91 Å². The molecule has 0 radical (unpaired) electrons. The molecule has 1 saturated carbocycles. The van der Waals surface area contributed by atoms with Crippen LogP contribution >= 0.6 is 0 Å². The highest BCUT2D eigenvalue weighted by atomic mass is 16.4. The number of benzene rings is 2. The van der Waals surface area contributed by atoms with Crippen LogP contribution in [0, 0.1) is 18.8 Å². The number of rotatable bonds is 13. The number of aliphatic carboxylic acids is 1. The SMILES string of the molecule is Cc1ccccc1NC(=O)Nc1ccc(CN2C(=O)N([C@@H](CC(C)C)C(=O)NC(CC(=O)O)CC(C)C)C(=O)C23CCCC3)cc1. The number of imide groups is 1. The maximum Gasteiger partial charge on any atom is 0.328 e. The van der Waals surface area contributed by atoms with Crippen LogP contribution in [0.4, 0.5) is 21.0 Å². The van der Waals surface area contributed by atoms with Gasteiger partial charge in [-0.1, -0.05) is 70.9 Å². The summed E-state index contributed by atoms with van der Waals surface area (Å²) in [5.74, 6) is -1.75. The third-order valence-corrected chi connectivity index (χ3v) is 8.78. The number of urea groups is 2. The number of nitrogens with zero attached hydrogens (tertiary/aromatic N) is 2. The second kappa shape index (κ2) is 14.8. The van der Waals surface area contributed by atoms with Gasteiger partial charge in [-0.05, 0) is 73.8 Å². The normalized spacial score (nSPS) is 17.1. The average molecular weight is 634 g/mol. The molecule has 46 heavy (non-hydrogen) atoms. The Balaban J connectivity index is 1.53. The van der Waals surface area contributed by atoms with Crippen LogP contribution in [-0.4, -0.2) is 62.4 Å². The highest BCUT2D eigenvalue weighted by Gasteiger charge is 2.60. The highest BCUT2D eigenvalue weighted by Crippen LogP contribution is 2.44. The van der Waals surface area contributed by atoms with Crippen molar-refractivity contribution in [3.63, 3.8) is 0 Å². The minimum atomic E-state index is -1.05. The Morgan fingerprint density at radius 3 is 2.11 bits per heavy atom. The third kappa shape index (κ3) is 8.05. The van der Waals surface area contributed by atoms with Crippen LogP contribution in [0.25, 0.3) is 0 Å². The van der Waals surface area contributed by atoms with Gasteiger partial charge < -0.3 is 26.0 Å². The van der Waals surface area contributed by atoms with E-state index in [0.29, 0.717) is 30.6 Å². The van der Waals surface area contributed by atoms with E-state index in [-0.39, 0.29) is 43.2 Å². The highest BCUT2D eigenvalue weighted by molar-refractivity contribution is 6.10. The van der Waals surface area contributed by atoms with Crippen molar-refractivity contribution in [3.8, 4) is 0 Å². The number of nitrogens with one attached hydrogen (secondary N) is 3. The summed E-state index contributed by atoms with van der Waals surface area (Å²) in [5.41, 5.74) is 1.97. The van der Waals surface area contributed by atoms with Gasteiger partial charge in [0, 0.05) is 24.0 Å². The summed E-state index contributed by atoms with van der Waals surface area (Å²) in [5, 5.41) is 18.0. The van der Waals surface area contributed by atoms with E-state index in [1.54, 1.807) is 17.0 Å². The topological polar surface area (TPSA) is 148 Å². The number of hydrogen-bond acceptors (Lipinski definition) is 5. The molecule has 11 heteroatoms. The van der Waals surface area contributed by atoms with E-state index in [0.717, 1.165) is 28.9 Å². The Kier molecular flexibility index (Phi) is 11.1. The summed E-state index contributed by atoms with van der Waals surface area (Å²) in [6.45, 7) is 9.83. The molecule has 11 nitrogen and oxygen atoms in total. The van der Waals surface area contributed by atoms with Crippen molar-refractivity contribution >= 4 is 41.2 Å². The molecule has 2 aromatic rings. The van der Waals surface area contributed by atoms with E-state index in [9.17, 15) is 29.1 Å². The Hall–Kier alpha value is -4.41. The molecule has 6 amide bonds. The molecule has 2 fully saturated rings. The monoisotopic (exact) mass is 633 g/mol. The zero-order chi connectivity index (χ0) is 33.6. The third-order valence-electron chi connectivity index (χ3n) is 8.78. The maximum atomic E-state index is 14.2. The number of para-hydroxylation sites is 1. The van der Waals surface area contributed by atoms with Crippen LogP contribution in [0.3, 0.4) is 0 Å². The number of aryl methyl sites for hydroxylation is 1. The van der Waals surface area contributed by atoms with Gasteiger partial charge in [-0.25, -0.2) is 14.5 Å². The van der Waals surface area contributed by atoms with E-state index >= 15 is 0 Å². The Bertz CT molecular complexity index is 1430. The summed E-state index contributed by atoms with van der Waals surface area (Å²) in [6.07, 6.45) is 3.09. The second-order valence-corrected chi connectivity index (χ2v) is 13.5. The van der Waals surface area contributed by atoms with Crippen molar-refractivity contribution in [2.24, 2.45) is 11.8 Å². The van der Waals surface area contributed by atoms with Crippen LogP contribution in [-0.2, 0) is 20.9 Å². The lowest BCUT2D eigenvalue weighted by molar-refractivity contribution is -0.141. The number of anilines is 2. The van der Waals surface area contributed by atoms with Crippen LogP contribution in [0.15, 0.2) is 48.5 Å². The van der Waals surface area contributed by atoms with Crippen molar-refractivity contribution in [2.75, 3.05) is 10.6 Å². The first-order chi connectivity index (χ1) is 21.8. The van der Waals surface area contributed by atoms with Crippen LogP contribution < -0.4 is 16.0 Å². The largest absolute Gasteiger partial charge is 0.481 e. The summed E-state index contributed by atoms with van der Waals surface area (Å²) < 4.78 is 0. The molecule has 1 heterocycles. The number of carbonyl (C=O) groups excluding carboxylic acids is 4. The molecule has 2 atom stereocenters. The van der Waals surface area contributed by atoms with Gasteiger partial charge in [0.15, 0.2) is 0 Å². The summed E-state index contributed by atoms with van der Waals surface area (Å²) in [7, 11) is 0. The molecule has 2 aliphatic rings.